The lowest BCUT2D eigenvalue weighted by molar-refractivity contribution is 0.849. The molecule has 0 aliphatic carbocycles. The molecule has 0 N–H and O–H groups in total. The van der Waals surface area contributed by atoms with Crippen LogP contribution < -0.4 is 0 Å². The van der Waals surface area contributed by atoms with E-state index in [2.05, 4.69) is 42.1 Å². The molecule has 1 aliphatic rings. The molecule has 1 heteroatoms. The van der Waals surface area contributed by atoms with Crippen LogP contribution in [0.3, 0.4) is 0 Å². The molecular weight excluding hydrogens is 140 g/mol. The van der Waals surface area contributed by atoms with Crippen LogP contribution in [0.5, 0.6) is 0 Å². The van der Waals surface area contributed by atoms with E-state index in [1.54, 1.807) is 0 Å². The molecule has 1 saturated heterocycles. The molecule has 52 valence electrons. The molecule has 0 spiro atoms. The maximum absolute atomic E-state index is 2.22. The molecule has 0 saturated carbocycles. The average molecular weight is 150 g/mol. The van der Waals surface area contributed by atoms with E-state index >= 15 is 0 Å². The summed E-state index contributed by atoms with van der Waals surface area (Å²) in [5.41, 5.74) is 1.50. The summed E-state index contributed by atoms with van der Waals surface area (Å²) >= 11 is 2.06. The second-order valence-electron chi connectivity index (χ2n) is 2.56. The van der Waals surface area contributed by atoms with Gasteiger partial charge >= 0.3 is 0 Å². The molecular formula is C9H10S. The Bertz CT molecular complexity index is 201. The normalized spacial score (nSPS) is 23.8. The van der Waals surface area contributed by atoms with Gasteiger partial charge in [-0.05, 0) is 17.7 Å². The second-order valence-corrected chi connectivity index (χ2v) is 3.87. The third-order valence-corrected chi connectivity index (χ3v) is 3.25. The zero-order valence-corrected chi connectivity index (χ0v) is 6.60. The van der Waals surface area contributed by atoms with Crippen molar-refractivity contribution in [3.63, 3.8) is 0 Å². The van der Waals surface area contributed by atoms with Crippen molar-refractivity contribution in [1.29, 1.82) is 0 Å². The molecule has 1 atom stereocenters. The molecule has 10 heavy (non-hydrogen) atoms. The Morgan fingerprint density at radius 1 is 1.20 bits per heavy atom. The van der Waals surface area contributed by atoms with Crippen molar-refractivity contribution < 1.29 is 0 Å². The van der Waals surface area contributed by atoms with Gasteiger partial charge in [0.05, 0.1) is 0 Å². The number of hydrogen-bond donors (Lipinski definition) is 0. The number of thioether (sulfide) groups is 1. The van der Waals surface area contributed by atoms with Gasteiger partial charge in [-0.2, -0.15) is 11.8 Å². The van der Waals surface area contributed by atoms with Crippen molar-refractivity contribution in [3.05, 3.63) is 35.9 Å². The SMILES string of the molecule is c1ccc(C2CCS2)cc1. The van der Waals surface area contributed by atoms with Gasteiger partial charge in [0.1, 0.15) is 0 Å². The lowest BCUT2D eigenvalue weighted by Crippen LogP contribution is -2.05. The predicted molar refractivity (Wildman–Crippen MR) is 46.3 cm³/mol. The van der Waals surface area contributed by atoms with Crippen LogP contribution in [0.15, 0.2) is 30.3 Å². The largest absolute Gasteiger partial charge is 0.154 e. The molecule has 1 aromatic carbocycles. The van der Waals surface area contributed by atoms with Crippen LogP contribution >= 0.6 is 11.8 Å². The number of rotatable bonds is 1. The van der Waals surface area contributed by atoms with Gasteiger partial charge in [0.25, 0.3) is 0 Å². The smallest absolute Gasteiger partial charge is 0.0305 e. The molecule has 0 nitrogen and oxygen atoms in total. The Kier molecular flexibility index (Phi) is 1.68. The van der Waals surface area contributed by atoms with Gasteiger partial charge < -0.3 is 0 Å². The van der Waals surface area contributed by atoms with E-state index in [0.717, 1.165) is 5.25 Å². The van der Waals surface area contributed by atoms with Crippen molar-refractivity contribution in [2.45, 2.75) is 11.7 Å². The van der Waals surface area contributed by atoms with Crippen molar-refractivity contribution >= 4 is 11.8 Å². The van der Waals surface area contributed by atoms with Crippen LogP contribution in [0.25, 0.3) is 0 Å². The summed E-state index contributed by atoms with van der Waals surface area (Å²) in [4.78, 5) is 0. The molecule has 2 rings (SSSR count). The fourth-order valence-electron chi connectivity index (χ4n) is 1.17. The van der Waals surface area contributed by atoms with Gasteiger partial charge in [0.15, 0.2) is 0 Å². The average Bonchev–Trinajstić information content (AvgIpc) is 1.86. The van der Waals surface area contributed by atoms with Crippen LogP contribution in [0.4, 0.5) is 0 Å². The fraction of sp³-hybridized carbons (Fsp3) is 0.333. The van der Waals surface area contributed by atoms with Gasteiger partial charge in [0, 0.05) is 5.25 Å². The molecule has 0 radical (unpaired) electrons. The summed E-state index contributed by atoms with van der Waals surface area (Å²) in [6, 6.07) is 10.8. The van der Waals surface area contributed by atoms with E-state index in [4.69, 9.17) is 0 Å². The van der Waals surface area contributed by atoms with Crippen molar-refractivity contribution in [2.75, 3.05) is 5.75 Å². The number of hydrogen-bond acceptors (Lipinski definition) is 1. The first kappa shape index (κ1) is 6.29. The minimum absolute atomic E-state index is 0.807. The summed E-state index contributed by atoms with van der Waals surface area (Å²) in [7, 11) is 0. The van der Waals surface area contributed by atoms with Crippen LogP contribution in [0.1, 0.15) is 17.2 Å². The zero-order chi connectivity index (χ0) is 6.81. The summed E-state index contributed by atoms with van der Waals surface area (Å²) in [5.74, 6) is 1.35. The summed E-state index contributed by atoms with van der Waals surface area (Å²) in [6.45, 7) is 0. The predicted octanol–water partition coefficient (Wildman–Crippen LogP) is 2.86. The van der Waals surface area contributed by atoms with E-state index < -0.39 is 0 Å². The highest BCUT2D eigenvalue weighted by molar-refractivity contribution is 8.00. The minimum atomic E-state index is 0.807. The monoisotopic (exact) mass is 150 g/mol. The Balaban J connectivity index is 2.18. The summed E-state index contributed by atoms with van der Waals surface area (Å²) < 4.78 is 0. The first-order valence-corrected chi connectivity index (χ1v) is 4.68. The van der Waals surface area contributed by atoms with Crippen LogP contribution in [0.2, 0.25) is 0 Å². The van der Waals surface area contributed by atoms with Crippen LogP contribution in [-0.2, 0) is 0 Å². The molecule has 1 heterocycles. The lowest BCUT2D eigenvalue weighted by atomic mass is 10.1. The lowest BCUT2D eigenvalue weighted by Gasteiger charge is -2.24. The van der Waals surface area contributed by atoms with Gasteiger partial charge in [-0.15, -0.1) is 0 Å². The summed E-state index contributed by atoms with van der Waals surface area (Å²) in [6.07, 6.45) is 1.37. The van der Waals surface area contributed by atoms with E-state index in [1.165, 1.54) is 17.7 Å². The Hall–Kier alpha value is -0.430. The first-order chi connectivity index (χ1) is 4.97. The van der Waals surface area contributed by atoms with E-state index in [-0.39, 0.29) is 0 Å². The molecule has 0 amide bonds. The van der Waals surface area contributed by atoms with Crippen molar-refractivity contribution in [2.24, 2.45) is 0 Å². The highest BCUT2D eigenvalue weighted by atomic mass is 32.2. The Labute approximate surface area is 65.6 Å². The molecule has 1 aliphatic heterocycles. The van der Waals surface area contributed by atoms with Crippen molar-refractivity contribution in [1.82, 2.24) is 0 Å². The minimum Gasteiger partial charge on any atom is -0.154 e. The molecule has 1 fully saturated rings. The van der Waals surface area contributed by atoms with Gasteiger partial charge in [-0.3, -0.25) is 0 Å². The topological polar surface area (TPSA) is 0 Å². The van der Waals surface area contributed by atoms with Crippen LogP contribution in [-0.4, -0.2) is 5.75 Å². The molecule has 0 aromatic heterocycles. The Morgan fingerprint density at radius 3 is 2.40 bits per heavy atom. The van der Waals surface area contributed by atoms with Gasteiger partial charge in [-0.25, -0.2) is 0 Å². The van der Waals surface area contributed by atoms with E-state index in [0.29, 0.717) is 0 Å². The molecule has 1 unspecified atom stereocenters. The highest BCUT2D eigenvalue weighted by Crippen LogP contribution is 2.41. The third kappa shape index (κ3) is 1.06. The maximum atomic E-state index is 2.22. The van der Waals surface area contributed by atoms with Gasteiger partial charge in [-0.1, -0.05) is 30.3 Å². The van der Waals surface area contributed by atoms with Crippen LogP contribution in [0, 0.1) is 0 Å². The standard InChI is InChI=1S/C9H10S/c1-2-4-8(5-3-1)9-6-7-10-9/h1-5,9H,6-7H2. The quantitative estimate of drug-likeness (QED) is 0.593. The first-order valence-electron chi connectivity index (χ1n) is 3.63. The zero-order valence-electron chi connectivity index (χ0n) is 5.79. The third-order valence-electron chi connectivity index (χ3n) is 1.87. The van der Waals surface area contributed by atoms with E-state index in [9.17, 15) is 0 Å². The Morgan fingerprint density at radius 2 is 1.90 bits per heavy atom. The van der Waals surface area contributed by atoms with Gasteiger partial charge in [0.2, 0.25) is 0 Å². The summed E-state index contributed by atoms with van der Waals surface area (Å²) in [5, 5.41) is 0.807. The van der Waals surface area contributed by atoms with Crippen molar-refractivity contribution in [3.8, 4) is 0 Å². The van der Waals surface area contributed by atoms with E-state index in [1.807, 2.05) is 0 Å². The fourth-order valence-corrected chi connectivity index (χ4v) is 1.99. The molecule has 0 bridgehead atoms. The second kappa shape index (κ2) is 2.67. The molecule has 1 aromatic rings. The number of benzene rings is 1. The maximum Gasteiger partial charge on any atom is 0.0305 e. The highest BCUT2D eigenvalue weighted by Gasteiger charge is 2.18.